The van der Waals surface area contributed by atoms with E-state index in [1.165, 1.54) is 6.26 Å². The van der Waals surface area contributed by atoms with E-state index in [1.807, 2.05) is 30.5 Å². The first-order chi connectivity index (χ1) is 11.7. The summed E-state index contributed by atoms with van der Waals surface area (Å²) in [4.78, 5) is 29.5. The monoisotopic (exact) mass is 324 g/mol. The number of hydrogen-bond acceptors (Lipinski definition) is 4. The molecule has 122 valence electrons. The first-order valence-corrected chi connectivity index (χ1v) is 7.78. The van der Waals surface area contributed by atoms with Gasteiger partial charge in [-0.05, 0) is 18.1 Å². The van der Waals surface area contributed by atoms with E-state index in [1.54, 1.807) is 11.0 Å². The molecule has 3 heterocycles. The number of fused-ring (bicyclic) bond motifs is 1. The summed E-state index contributed by atoms with van der Waals surface area (Å²) in [5.74, 6) is 0.0987. The second-order valence-corrected chi connectivity index (χ2v) is 5.81. The van der Waals surface area contributed by atoms with Gasteiger partial charge in [0.05, 0.1) is 0 Å². The number of rotatable bonds is 4. The van der Waals surface area contributed by atoms with Crippen molar-refractivity contribution in [3.05, 3.63) is 48.4 Å². The van der Waals surface area contributed by atoms with Gasteiger partial charge in [-0.1, -0.05) is 23.4 Å². The smallest absolute Gasteiger partial charge is 0.248 e. The molecule has 1 unspecified atom stereocenters. The Morgan fingerprint density at radius 3 is 3.08 bits per heavy atom. The number of hydrogen-bond donors (Lipinski definition) is 2. The van der Waals surface area contributed by atoms with Gasteiger partial charge in [0, 0.05) is 36.1 Å². The fraction of sp³-hybridized carbons (Fsp3) is 0.235. The molecule has 1 aliphatic heterocycles. The summed E-state index contributed by atoms with van der Waals surface area (Å²) in [6.45, 7) is 0.403. The van der Waals surface area contributed by atoms with Crippen LogP contribution in [0, 0.1) is 0 Å². The molecule has 1 saturated heterocycles. The summed E-state index contributed by atoms with van der Waals surface area (Å²) in [6, 6.07) is 8.98. The molecule has 0 aliphatic carbocycles. The number of nitrogens with one attached hydrogen (secondary N) is 2. The number of benzene rings is 1. The van der Waals surface area contributed by atoms with Gasteiger partial charge in [0.1, 0.15) is 12.3 Å². The van der Waals surface area contributed by atoms with Gasteiger partial charge in [-0.2, -0.15) is 0 Å². The standard InChI is InChI=1S/C17H16N4O3/c22-16-6-5-14(17(23)19-15-7-8-24-20-15)21(16)10-11-9-18-13-4-2-1-3-12(11)13/h1-4,7-9,14,18H,5-6,10H2,(H,19,20,23). The predicted molar refractivity (Wildman–Crippen MR) is 87.0 cm³/mol. The zero-order valence-electron chi connectivity index (χ0n) is 12.9. The zero-order valence-corrected chi connectivity index (χ0v) is 12.9. The number of nitrogens with zero attached hydrogens (tertiary/aromatic N) is 2. The predicted octanol–water partition coefficient (Wildman–Crippen LogP) is 2.29. The summed E-state index contributed by atoms with van der Waals surface area (Å²) < 4.78 is 4.71. The second kappa shape index (κ2) is 5.84. The molecule has 2 N–H and O–H groups in total. The Balaban J connectivity index is 1.55. The second-order valence-electron chi connectivity index (χ2n) is 5.81. The van der Waals surface area contributed by atoms with Crippen molar-refractivity contribution in [3.63, 3.8) is 0 Å². The quantitative estimate of drug-likeness (QED) is 0.770. The van der Waals surface area contributed by atoms with Crippen molar-refractivity contribution in [1.82, 2.24) is 15.0 Å². The highest BCUT2D eigenvalue weighted by Crippen LogP contribution is 2.26. The Kier molecular flexibility index (Phi) is 3.53. The molecule has 7 nitrogen and oxygen atoms in total. The van der Waals surface area contributed by atoms with E-state index in [0.717, 1.165) is 16.5 Å². The largest absolute Gasteiger partial charge is 0.363 e. The summed E-state index contributed by atoms with van der Waals surface area (Å²) in [6.07, 6.45) is 4.16. The van der Waals surface area contributed by atoms with Crippen LogP contribution >= 0.6 is 0 Å². The number of aromatic nitrogens is 2. The third-order valence-corrected chi connectivity index (χ3v) is 4.34. The number of carbonyl (C=O) groups excluding carboxylic acids is 2. The van der Waals surface area contributed by atoms with Crippen LogP contribution in [0.3, 0.4) is 0 Å². The van der Waals surface area contributed by atoms with Crippen LogP contribution in [0.2, 0.25) is 0 Å². The molecule has 1 atom stereocenters. The molecule has 2 aromatic heterocycles. The van der Waals surface area contributed by atoms with E-state index in [9.17, 15) is 9.59 Å². The van der Waals surface area contributed by atoms with Crippen molar-refractivity contribution in [1.29, 1.82) is 0 Å². The molecule has 3 aromatic rings. The summed E-state index contributed by atoms with van der Waals surface area (Å²) in [7, 11) is 0. The fourth-order valence-corrected chi connectivity index (χ4v) is 3.14. The minimum absolute atomic E-state index is 0.0133. The number of para-hydroxylation sites is 1. The molecular formula is C17H16N4O3. The van der Waals surface area contributed by atoms with Gasteiger partial charge in [-0.15, -0.1) is 0 Å². The van der Waals surface area contributed by atoms with E-state index in [-0.39, 0.29) is 11.8 Å². The first kappa shape index (κ1) is 14.5. The summed E-state index contributed by atoms with van der Waals surface area (Å²) >= 11 is 0. The van der Waals surface area contributed by atoms with Gasteiger partial charge >= 0.3 is 0 Å². The van der Waals surface area contributed by atoms with Gasteiger partial charge in [0.25, 0.3) is 0 Å². The molecule has 2 amide bonds. The van der Waals surface area contributed by atoms with Gasteiger partial charge in [-0.3, -0.25) is 9.59 Å². The van der Waals surface area contributed by atoms with Gasteiger partial charge in [-0.25, -0.2) is 0 Å². The molecule has 1 aliphatic rings. The van der Waals surface area contributed by atoms with E-state index < -0.39 is 6.04 Å². The van der Waals surface area contributed by atoms with Gasteiger partial charge in [0.2, 0.25) is 11.8 Å². The highest BCUT2D eigenvalue weighted by atomic mass is 16.5. The van der Waals surface area contributed by atoms with Crippen LogP contribution in [-0.4, -0.2) is 32.9 Å². The Labute approximate surface area is 137 Å². The van der Waals surface area contributed by atoms with Crippen molar-refractivity contribution in [2.24, 2.45) is 0 Å². The third-order valence-electron chi connectivity index (χ3n) is 4.34. The highest BCUT2D eigenvalue weighted by molar-refractivity contribution is 5.98. The topological polar surface area (TPSA) is 91.2 Å². The average Bonchev–Trinajstić information content (AvgIpc) is 3.30. The van der Waals surface area contributed by atoms with Crippen molar-refractivity contribution in [2.45, 2.75) is 25.4 Å². The van der Waals surface area contributed by atoms with Crippen LogP contribution in [0.25, 0.3) is 10.9 Å². The number of anilines is 1. The lowest BCUT2D eigenvalue weighted by molar-refractivity contribution is -0.133. The molecule has 0 saturated carbocycles. The minimum atomic E-state index is -0.497. The van der Waals surface area contributed by atoms with Crippen LogP contribution in [-0.2, 0) is 16.1 Å². The van der Waals surface area contributed by atoms with E-state index in [4.69, 9.17) is 4.52 Å². The SMILES string of the molecule is O=C(Nc1ccon1)C1CCC(=O)N1Cc1c[nH]c2ccccc12. The first-order valence-electron chi connectivity index (χ1n) is 7.78. The van der Waals surface area contributed by atoms with Crippen LogP contribution < -0.4 is 5.32 Å². The number of carbonyl (C=O) groups is 2. The molecular weight excluding hydrogens is 308 g/mol. The van der Waals surface area contributed by atoms with Crippen molar-refractivity contribution in [3.8, 4) is 0 Å². The van der Waals surface area contributed by atoms with Crippen molar-refractivity contribution < 1.29 is 14.1 Å². The summed E-state index contributed by atoms with van der Waals surface area (Å²) in [5, 5.41) is 7.42. The highest BCUT2D eigenvalue weighted by Gasteiger charge is 2.36. The maximum Gasteiger partial charge on any atom is 0.248 e. The van der Waals surface area contributed by atoms with Gasteiger partial charge in [0.15, 0.2) is 5.82 Å². The molecule has 24 heavy (non-hydrogen) atoms. The van der Waals surface area contributed by atoms with Crippen LogP contribution in [0.4, 0.5) is 5.82 Å². The lowest BCUT2D eigenvalue weighted by Crippen LogP contribution is -2.41. The minimum Gasteiger partial charge on any atom is -0.363 e. The lowest BCUT2D eigenvalue weighted by Gasteiger charge is -2.23. The Bertz CT molecular complexity index is 884. The van der Waals surface area contributed by atoms with E-state index >= 15 is 0 Å². The summed E-state index contributed by atoms with van der Waals surface area (Å²) in [5.41, 5.74) is 2.02. The van der Waals surface area contributed by atoms with Crippen LogP contribution in [0.1, 0.15) is 18.4 Å². The third kappa shape index (κ3) is 2.54. The maximum absolute atomic E-state index is 12.5. The number of H-pyrrole nitrogens is 1. The Hall–Kier alpha value is -3.09. The fourth-order valence-electron chi connectivity index (χ4n) is 3.14. The van der Waals surface area contributed by atoms with Crippen molar-refractivity contribution in [2.75, 3.05) is 5.32 Å². The maximum atomic E-state index is 12.5. The molecule has 4 rings (SSSR count). The Morgan fingerprint density at radius 2 is 2.25 bits per heavy atom. The number of amides is 2. The molecule has 1 fully saturated rings. The average molecular weight is 324 g/mol. The lowest BCUT2D eigenvalue weighted by atomic mass is 10.1. The van der Waals surface area contributed by atoms with Crippen LogP contribution in [0.15, 0.2) is 47.3 Å². The normalized spacial score (nSPS) is 17.6. The molecule has 7 heteroatoms. The van der Waals surface area contributed by atoms with Crippen molar-refractivity contribution >= 4 is 28.5 Å². The molecule has 0 bridgehead atoms. The number of likely N-dealkylation sites (tertiary alicyclic amines) is 1. The van der Waals surface area contributed by atoms with Gasteiger partial charge < -0.3 is 19.7 Å². The molecule has 0 radical (unpaired) electrons. The zero-order chi connectivity index (χ0) is 16.5. The molecule has 1 aromatic carbocycles. The number of aromatic amines is 1. The van der Waals surface area contributed by atoms with Crippen LogP contribution in [0.5, 0.6) is 0 Å². The Morgan fingerprint density at radius 1 is 1.38 bits per heavy atom. The molecule has 0 spiro atoms. The van der Waals surface area contributed by atoms with E-state index in [2.05, 4.69) is 15.5 Å². The van der Waals surface area contributed by atoms with E-state index in [0.29, 0.717) is 25.2 Å².